The molecule has 0 aromatic heterocycles. The van der Waals surface area contributed by atoms with Crippen molar-refractivity contribution in [1.82, 2.24) is 0 Å². The minimum absolute atomic E-state index is 0.398. The van der Waals surface area contributed by atoms with Crippen LogP contribution in [0.3, 0.4) is 0 Å². The summed E-state index contributed by atoms with van der Waals surface area (Å²) in [5.74, 6) is 4.65. The zero-order valence-corrected chi connectivity index (χ0v) is 32.0. The van der Waals surface area contributed by atoms with E-state index < -0.39 is 5.41 Å². The molecule has 0 fully saturated rings. The van der Waals surface area contributed by atoms with Gasteiger partial charge in [0.1, 0.15) is 15.7 Å². The Balaban J connectivity index is 1.67. The van der Waals surface area contributed by atoms with Crippen molar-refractivity contribution in [2.45, 2.75) is 86.5 Å². The summed E-state index contributed by atoms with van der Waals surface area (Å²) in [6.07, 6.45) is 4.13. The van der Waals surface area contributed by atoms with Crippen LogP contribution in [0.5, 0.6) is 23.0 Å². The second-order valence-electron chi connectivity index (χ2n) is 15.3. The molecule has 6 rings (SSSR count). The predicted octanol–water partition coefficient (Wildman–Crippen LogP) is 9.32. The lowest BCUT2D eigenvalue weighted by Gasteiger charge is -2.32. The lowest BCUT2D eigenvalue weighted by molar-refractivity contribution is 0.217. The minimum atomic E-state index is -0.715. The van der Waals surface area contributed by atoms with Crippen LogP contribution in [0.4, 0.5) is 0 Å². The molecule has 4 aromatic carbocycles. The highest BCUT2D eigenvalue weighted by molar-refractivity contribution is 6.33. The second kappa shape index (κ2) is 15.4. The number of benzene rings is 4. The van der Waals surface area contributed by atoms with Gasteiger partial charge in [0.05, 0.1) is 31.8 Å². The number of ether oxygens (including phenoxy) is 4. The van der Waals surface area contributed by atoms with Gasteiger partial charge in [-0.3, -0.25) is 0 Å². The van der Waals surface area contributed by atoms with Gasteiger partial charge >= 0.3 is 0 Å². The van der Waals surface area contributed by atoms with Crippen LogP contribution in [0.1, 0.15) is 103 Å². The summed E-state index contributed by atoms with van der Waals surface area (Å²) in [6.45, 7) is 20.1. The molecule has 0 aliphatic heterocycles. The quantitative estimate of drug-likeness (QED) is 0.0956. The molecule has 0 N–H and O–H groups in total. The summed E-state index contributed by atoms with van der Waals surface area (Å²) >= 11 is 0. The number of fused-ring (bicyclic) bond motifs is 10. The molecule has 1 spiro atoms. The van der Waals surface area contributed by atoms with E-state index >= 15 is 0 Å². The van der Waals surface area contributed by atoms with Crippen LogP contribution in [0.25, 0.3) is 22.3 Å². The molecule has 4 unspecified atom stereocenters. The Hall–Kier alpha value is -3.79. The molecule has 4 aromatic rings. The van der Waals surface area contributed by atoms with Crippen LogP contribution in [0, 0.1) is 23.7 Å². The molecule has 4 radical (unpaired) electrons. The summed E-state index contributed by atoms with van der Waals surface area (Å²) in [5.41, 5.74) is 9.69. The second-order valence-corrected chi connectivity index (χ2v) is 15.3. The highest BCUT2D eigenvalue weighted by atomic mass is 16.5. The molecular weight excluding hydrogens is 626 g/mol. The zero-order chi connectivity index (χ0) is 36.4. The lowest BCUT2D eigenvalue weighted by Crippen LogP contribution is -2.28. The van der Waals surface area contributed by atoms with E-state index in [0.29, 0.717) is 61.0 Å². The fraction of sp³-hybridized carbons (Fsp3) is 0.467. The Morgan fingerprint density at radius 2 is 0.725 bits per heavy atom. The number of rotatable bonds is 16. The number of hydrogen-bond donors (Lipinski definition) is 0. The van der Waals surface area contributed by atoms with Gasteiger partial charge < -0.3 is 18.9 Å². The van der Waals surface area contributed by atoms with E-state index in [4.69, 9.17) is 34.6 Å². The van der Waals surface area contributed by atoms with Gasteiger partial charge in [0.2, 0.25) is 0 Å². The standard InChI is InChI=1S/C45H54B2O4/c1-9-27(5)23-48-41-19-35-36-20-42(49-24-28(6)10-2)44(51-26-30(8)12-4)22-40(36)45(39(35)21-43(41)50-25-29(7)11-3)37-17-31(46)13-15-33(37)34-16-14-32(47)18-38(34)45/h13-22,27-30H,9-12,23-26H2,1-8H3. The highest BCUT2D eigenvalue weighted by Gasteiger charge is 2.53. The van der Waals surface area contributed by atoms with E-state index in [9.17, 15) is 0 Å². The van der Waals surface area contributed by atoms with Gasteiger partial charge in [0, 0.05) is 0 Å². The molecule has 264 valence electrons. The van der Waals surface area contributed by atoms with Crippen LogP contribution in [0.2, 0.25) is 0 Å². The molecule has 0 bridgehead atoms. The Bertz CT molecular complexity index is 1730. The third kappa shape index (κ3) is 6.92. The summed E-state index contributed by atoms with van der Waals surface area (Å²) in [7, 11) is 13.3. The van der Waals surface area contributed by atoms with Crippen LogP contribution in [-0.4, -0.2) is 42.1 Å². The van der Waals surface area contributed by atoms with Crippen molar-refractivity contribution in [2.24, 2.45) is 23.7 Å². The first kappa shape index (κ1) is 37.0. The van der Waals surface area contributed by atoms with Gasteiger partial charge in [-0.2, -0.15) is 0 Å². The SMILES string of the molecule is [B]c1ccc2c(c1)C1(c3cc([B])ccc3-2)c2cc(OCC(C)CC)c(OCC(C)CC)cc2-c2cc(OCC(C)CC)c(OCC(C)CC)cc21. The molecule has 2 aliphatic rings. The summed E-state index contributed by atoms with van der Waals surface area (Å²) in [5, 5.41) is 0. The van der Waals surface area contributed by atoms with Crippen molar-refractivity contribution in [3.63, 3.8) is 0 Å². The summed E-state index contributed by atoms with van der Waals surface area (Å²) in [4.78, 5) is 0. The number of hydrogen-bond acceptors (Lipinski definition) is 4. The molecule has 0 amide bonds. The van der Waals surface area contributed by atoms with Gasteiger partial charge in [-0.15, -0.1) is 0 Å². The molecule has 6 heteroatoms. The maximum Gasteiger partial charge on any atom is 0.161 e. The van der Waals surface area contributed by atoms with Gasteiger partial charge in [-0.25, -0.2) is 0 Å². The molecular formula is C45H54B2O4. The van der Waals surface area contributed by atoms with Gasteiger partial charge in [-0.05, 0) is 92.4 Å². The maximum atomic E-state index is 6.68. The van der Waals surface area contributed by atoms with Crippen LogP contribution in [-0.2, 0) is 5.41 Å². The fourth-order valence-electron chi connectivity index (χ4n) is 7.12. The Morgan fingerprint density at radius 1 is 0.431 bits per heavy atom. The molecule has 0 saturated carbocycles. The van der Waals surface area contributed by atoms with Crippen molar-refractivity contribution in [2.75, 3.05) is 26.4 Å². The lowest BCUT2D eigenvalue weighted by atomic mass is 9.69. The summed E-state index contributed by atoms with van der Waals surface area (Å²) in [6, 6.07) is 21.4. The van der Waals surface area contributed by atoms with Crippen LogP contribution in [0.15, 0.2) is 60.7 Å². The van der Waals surface area contributed by atoms with Crippen molar-refractivity contribution < 1.29 is 18.9 Å². The third-order valence-corrected chi connectivity index (χ3v) is 11.3. The van der Waals surface area contributed by atoms with Gasteiger partial charge in [0.15, 0.2) is 23.0 Å². The van der Waals surface area contributed by atoms with Crippen LogP contribution >= 0.6 is 0 Å². The van der Waals surface area contributed by atoms with Gasteiger partial charge in [-0.1, -0.05) is 128 Å². The monoisotopic (exact) mass is 680 g/mol. The molecule has 0 saturated heterocycles. The Morgan fingerprint density at radius 3 is 1.04 bits per heavy atom. The van der Waals surface area contributed by atoms with Crippen molar-refractivity contribution in [3.05, 3.63) is 82.9 Å². The molecule has 4 nitrogen and oxygen atoms in total. The largest absolute Gasteiger partial charge is 0.489 e. The average molecular weight is 681 g/mol. The molecule has 0 heterocycles. The van der Waals surface area contributed by atoms with E-state index in [-0.39, 0.29) is 0 Å². The van der Waals surface area contributed by atoms with Gasteiger partial charge in [0.25, 0.3) is 0 Å². The van der Waals surface area contributed by atoms with E-state index in [1.807, 2.05) is 12.1 Å². The van der Waals surface area contributed by atoms with Crippen LogP contribution < -0.4 is 29.9 Å². The zero-order valence-electron chi connectivity index (χ0n) is 32.0. The van der Waals surface area contributed by atoms with E-state index in [1.165, 1.54) is 0 Å². The first-order chi connectivity index (χ1) is 24.5. The smallest absolute Gasteiger partial charge is 0.161 e. The molecule has 2 aliphatic carbocycles. The average Bonchev–Trinajstić information content (AvgIpc) is 3.57. The van der Waals surface area contributed by atoms with Crippen molar-refractivity contribution in [3.8, 4) is 45.3 Å². The maximum absolute atomic E-state index is 6.68. The Kier molecular flexibility index (Phi) is 11.2. The first-order valence-electron chi connectivity index (χ1n) is 19.2. The fourth-order valence-corrected chi connectivity index (χ4v) is 7.12. The molecule has 51 heavy (non-hydrogen) atoms. The third-order valence-electron chi connectivity index (χ3n) is 11.3. The molecule has 4 atom stereocenters. The van der Waals surface area contributed by atoms with Crippen molar-refractivity contribution in [1.29, 1.82) is 0 Å². The van der Waals surface area contributed by atoms with Crippen molar-refractivity contribution >= 4 is 26.6 Å². The normalized spacial score (nSPS) is 15.7. The first-order valence-corrected chi connectivity index (χ1v) is 19.2. The van der Waals surface area contributed by atoms with E-state index in [0.717, 1.165) is 93.2 Å². The van der Waals surface area contributed by atoms with E-state index in [2.05, 4.69) is 104 Å². The highest BCUT2D eigenvalue weighted by Crippen LogP contribution is 2.65. The Labute approximate surface area is 309 Å². The predicted molar refractivity (Wildman–Crippen MR) is 213 cm³/mol. The topological polar surface area (TPSA) is 36.9 Å². The summed E-state index contributed by atoms with van der Waals surface area (Å²) < 4.78 is 26.6. The minimum Gasteiger partial charge on any atom is -0.489 e. The van der Waals surface area contributed by atoms with E-state index in [1.54, 1.807) is 0 Å².